The Hall–Kier alpha value is -2.60. The number of benzene rings is 2. The number of halogens is 5. The number of primary amides is 1. The van der Waals surface area contributed by atoms with Crippen LogP contribution in [0, 0.1) is 0 Å². The topological polar surface area (TPSA) is 121 Å². The van der Waals surface area contributed by atoms with Crippen LogP contribution >= 0.6 is 23.2 Å². The van der Waals surface area contributed by atoms with Gasteiger partial charge in [0.15, 0.2) is 0 Å². The quantitative estimate of drug-likeness (QED) is 0.565. The summed E-state index contributed by atoms with van der Waals surface area (Å²) in [4.78, 5) is 11.0. The standard InChI is InChI=1S/C18H13Cl2F3N4O3S/c19-12-4-2-1-3-11(12)15-9(6-14(24)28)5-13(31(25,29)30)17(16(15)20)27-8-10(7-26-27)18(21,22)23/h1-5,7-8H,6H2,(H2,24,28)(H2,25,29,30). The lowest BCUT2D eigenvalue weighted by Gasteiger charge is -2.19. The molecule has 0 saturated carbocycles. The molecule has 0 fully saturated rings. The molecular weight excluding hydrogens is 480 g/mol. The van der Waals surface area contributed by atoms with Crippen LogP contribution < -0.4 is 10.9 Å². The van der Waals surface area contributed by atoms with Gasteiger partial charge in [-0.25, -0.2) is 18.2 Å². The fourth-order valence-electron chi connectivity index (χ4n) is 2.97. The normalized spacial score (nSPS) is 12.2. The molecule has 0 aliphatic carbocycles. The van der Waals surface area contributed by atoms with Gasteiger partial charge in [0.05, 0.1) is 23.2 Å². The number of amides is 1. The third-order valence-electron chi connectivity index (χ3n) is 4.24. The molecule has 0 unspecified atom stereocenters. The molecule has 13 heteroatoms. The lowest BCUT2D eigenvalue weighted by molar-refractivity contribution is -0.137. The molecule has 0 radical (unpaired) electrons. The molecule has 1 aromatic heterocycles. The monoisotopic (exact) mass is 492 g/mol. The first-order valence-corrected chi connectivity index (χ1v) is 10.6. The van der Waals surface area contributed by atoms with Crippen molar-refractivity contribution < 1.29 is 26.4 Å². The second-order valence-electron chi connectivity index (χ2n) is 6.41. The summed E-state index contributed by atoms with van der Waals surface area (Å²) in [5.74, 6) is -0.809. The number of nitrogens with two attached hydrogens (primary N) is 2. The summed E-state index contributed by atoms with van der Waals surface area (Å²) in [6.45, 7) is 0. The van der Waals surface area contributed by atoms with E-state index in [1.165, 1.54) is 6.07 Å². The number of sulfonamides is 1. The van der Waals surface area contributed by atoms with Gasteiger partial charge in [0.1, 0.15) is 10.6 Å². The van der Waals surface area contributed by atoms with Crippen LogP contribution in [0.15, 0.2) is 47.6 Å². The molecule has 7 nitrogen and oxygen atoms in total. The number of hydrogen-bond donors (Lipinski definition) is 2. The van der Waals surface area contributed by atoms with Crippen molar-refractivity contribution in [1.82, 2.24) is 9.78 Å². The van der Waals surface area contributed by atoms with Crippen molar-refractivity contribution in [2.45, 2.75) is 17.5 Å². The lowest BCUT2D eigenvalue weighted by Crippen LogP contribution is -2.19. The summed E-state index contributed by atoms with van der Waals surface area (Å²) < 4.78 is 64.3. The third-order valence-corrected chi connectivity index (χ3v) is 5.86. The predicted molar refractivity (Wildman–Crippen MR) is 108 cm³/mol. The van der Waals surface area contributed by atoms with Crippen molar-refractivity contribution in [3.8, 4) is 16.8 Å². The Bertz CT molecular complexity index is 1290. The van der Waals surface area contributed by atoms with Crippen LogP contribution in [0.1, 0.15) is 11.1 Å². The highest BCUT2D eigenvalue weighted by atomic mass is 35.5. The summed E-state index contributed by atoms with van der Waals surface area (Å²) in [5, 5.41) is 8.76. The first-order valence-electron chi connectivity index (χ1n) is 8.34. The molecule has 1 amide bonds. The molecule has 164 valence electrons. The third kappa shape index (κ3) is 4.69. The highest BCUT2D eigenvalue weighted by molar-refractivity contribution is 7.89. The van der Waals surface area contributed by atoms with Crippen molar-refractivity contribution in [3.05, 3.63) is 63.9 Å². The molecule has 0 aliphatic heterocycles. The molecule has 4 N–H and O–H groups in total. The van der Waals surface area contributed by atoms with Gasteiger partial charge in [0.2, 0.25) is 15.9 Å². The number of aromatic nitrogens is 2. The Morgan fingerprint density at radius 2 is 1.84 bits per heavy atom. The maximum absolute atomic E-state index is 13.1. The number of primary sulfonamides is 1. The molecule has 0 saturated heterocycles. The highest BCUT2D eigenvalue weighted by Gasteiger charge is 2.34. The number of rotatable bonds is 5. The van der Waals surface area contributed by atoms with Gasteiger partial charge in [-0.05, 0) is 17.7 Å². The summed E-state index contributed by atoms with van der Waals surface area (Å²) in [6, 6.07) is 7.31. The number of nitrogens with zero attached hydrogens (tertiary/aromatic N) is 2. The summed E-state index contributed by atoms with van der Waals surface area (Å²) in [5.41, 5.74) is 4.20. The van der Waals surface area contributed by atoms with Gasteiger partial charge >= 0.3 is 6.18 Å². The van der Waals surface area contributed by atoms with E-state index in [1.807, 2.05) is 0 Å². The predicted octanol–water partition coefficient (Wildman–Crippen LogP) is 3.54. The number of hydrogen-bond acceptors (Lipinski definition) is 4. The van der Waals surface area contributed by atoms with Crippen LogP contribution in [0.5, 0.6) is 0 Å². The van der Waals surface area contributed by atoms with Gasteiger partial charge in [-0.15, -0.1) is 0 Å². The Kier molecular flexibility index (Phi) is 6.07. The average Bonchev–Trinajstić information content (AvgIpc) is 3.11. The van der Waals surface area contributed by atoms with Crippen LogP contribution in [0.25, 0.3) is 16.8 Å². The van der Waals surface area contributed by atoms with Gasteiger partial charge in [-0.2, -0.15) is 18.3 Å². The largest absolute Gasteiger partial charge is 0.419 e. The average molecular weight is 493 g/mol. The minimum Gasteiger partial charge on any atom is -0.369 e. The van der Waals surface area contributed by atoms with Crippen molar-refractivity contribution in [3.63, 3.8) is 0 Å². The Morgan fingerprint density at radius 3 is 2.35 bits per heavy atom. The van der Waals surface area contributed by atoms with Crippen LogP contribution in [0.3, 0.4) is 0 Å². The van der Waals surface area contributed by atoms with Crippen LogP contribution in [-0.4, -0.2) is 24.1 Å². The van der Waals surface area contributed by atoms with Gasteiger partial charge in [0.25, 0.3) is 0 Å². The van der Waals surface area contributed by atoms with Gasteiger partial charge in [-0.3, -0.25) is 4.79 Å². The smallest absolute Gasteiger partial charge is 0.369 e. The molecule has 3 rings (SSSR count). The van der Waals surface area contributed by atoms with E-state index in [4.69, 9.17) is 34.1 Å². The summed E-state index contributed by atoms with van der Waals surface area (Å²) in [6.07, 6.45) is -4.09. The molecule has 3 aromatic rings. The zero-order chi connectivity index (χ0) is 23.1. The van der Waals surface area contributed by atoms with E-state index in [9.17, 15) is 26.4 Å². The van der Waals surface area contributed by atoms with E-state index in [0.717, 1.165) is 6.07 Å². The van der Waals surface area contributed by atoms with Crippen molar-refractivity contribution >= 4 is 39.1 Å². The maximum atomic E-state index is 13.1. The second kappa shape index (κ2) is 8.15. The van der Waals surface area contributed by atoms with Crippen molar-refractivity contribution in [2.24, 2.45) is 10.9 Å². The minimum absolute atomic E-state index is 0.0709. The molecule has 0 atom stereocenters. The summed E-state index contributed by atoms with van der Waals surface area (Å²) >= 11 is 12.7. The van der Waals surface area contributed by atoms with Gasteiger partial charge in [-0.1, -0.05) is 41.4 Å². The Labute approximate surface area is 184 Å². The summed E-state index contributed by atoms with van der Waals surface area (Å²) in [7, 11) is -4.51. The van der Waals surface area contributed by atoms with E-state index in [0.29, 0.717) is 22.6 Å². The molecule has 1 heterocycles. The van der Waals surface area contributed by atoms with E-state index in [-0.39, 0.29) is 21.2 Å². The highest BCUT2D eigenvalue weighted by Crippen LogP contribution is 2.42. The van der Waals surface area contributed by atoms with Gasteiger partial charge in [0, 0.05) is 22.3 Å². The SMILES string of the molecule is NC(=O)Cc1cc(S(N)(=O)=O)c(-n2cc(C(F)(F)F)cn2)c(Cl)c1-c1ccccc1Cl. The maximum Gasteiger partial charge on any atom is 0.419 e. The molecule has 31 heavy (non-hydrogen) atoms. The molecule has 2 aromatic carbocycles. The van der Waals surface area contributed by atoms with Crippen LogP contribution in [0.4, 0.5) is 13.2 Å². The first-order chi connectivity index (χ1) is 14.3. The molecule has 0 bridgehead atoms. The van der Waals surface area contributed by atoms with Crippen LogP contribution in [0.2, 0.25) is 10.0 Å². The first kappa shape index (κ1) is 23.1. The van der Waals surface area contributed by atoms with E-state index in [1.54, 1.807) is 18.2 Å². The van der Waals surface area contributed by atoms with Crippen LogP contribution in [-0.2, 0) is 27.4 Å². The molecule has 0 spiro atoms. The van der Waals surface area contributed by atoms with Gasteiger partial charge < -0.3 is 5.73 Å². The lowest BCUT2D eigenvalue weighted by atomic mass is 9.96. The molecule has 0 aliphatic rings. The molecular formula is C18H13Cl2F3N4O3S. The van der Waals surface area contributed by atoms with E-state index < -0.39 is 44.7 Å². The fourth-order valence-corrected chi connectivity index (χ4v) is 4.44. The minimum atomic E-state index is -4.73. The van der Waals surface area contributed by atoms with E-state index >= 15 is 0 Å². The second-order valence-corrected chi connectivity index (χ2v) is 8.73. The van der Waals surface area contributed by atoms with E-state index in [2.05, 4.69) is 5.10 Å². The van der Waals surface area contributed by atoms with Crippen molar-refractivity contribution in [2.75, 3.05) is 0 Å². The zero-order valence-electron chi connectivity index (χ0n) is 15.3. The number of carbonyl (C=O) groups excluding carboxylic acids is 1. The van der Waals surface area contributed by atoms with Crippen molar-refractivity contribution in [1.29, 1.82) is 0 Å². The Morgan fingerprint density at radius 1 is 1.19 bits per heavy atom. The zero-order valence-corrected chi connectivity index (χ0v) is 17.6. The number of carbonyl (C=O) groups is 1. The fraction of sp³-hybridized carbons (Fsp3) is 0.111. The number of alkyl halides is 3. The Balaban J connectivity index is 2.45.